The van der Waals surface area contributed by atoms with Crippen molar-refractivity contribution >= 4 is 4.16 Å². The monoisotopic (exact) mass is 317 g/mol. The van der Waals surface area contributed by atoms with Gasteiger partial charge in [0.1, 0.15) is 0 Å². The number of nitrogens with zero attached hydrogens (tertiary/aromatic N) is 1. The molecule has 0 saturated carbocycles. The first-order valence-electron chi connectivity index (χ1n) is 5.48. The van der Waals surface area contributed by atoms with Crippen molar-refractivity contribution in [3.63, 3.8) is 0 Å². The summed E-state index contributed by atoms with van der Waals surface area (Å²) in [5, 5.41) is 0. The van der Waals surface area contributed by atoms with E-state index in [-0.39, 0.29) is 17.0 Å². The Hall–Kier alpha value is 0.283. The van der Waals surface area contributed by atoms with Gasteiger partial charge >= 0.3 is 96.1 Å². The van der Waals surface area contributed by atoms with Crippen LogP contribution in [0.15, 0.2) is 24.3 Å². The van der Waals surface area contributed by atoms with E-state index in [1.165, 1.54) is 60.4 Å². The van der Waals surface area contributed by atoms with Crippen LogP contribution < -0.4 is 21.1 Å². The number of likely N-dealkylation sites (tertiary alicyclic amines) is 1. The predicted molar refractivity (Wildman–Crippen MR) is 55.2 cm³/mol. The minimum absolute atomic E-state index is 0. The third-order valence-electron chi connectivity index (χ3n) is 2.88. The first kappa shape index (κ1) is 13.3. The van der Waals surface area contributed by atoms with Crippen LogP contribution in [0.2, 0.25) is 0 Å². The number of hydrogen-bond donors (Lipinski definition) is 0. The molecular weight excluding hydrogens is 303 g/mol. The molecule has 0 bridgehead atoms. The normalized spacial score (nSPS) is 17.2. The molecule has 1 nitrogen and oxygen atoms in total. The summed E-state index contributed by atoms with van der Waals surface area (Å²) in [7, 11) is 0. The molecule has 0 aromatic heterocycles. The molecule has 3 heteroatoms. The van der Waals surface area contributed by atoms with Gasteiger partial charge in [0.05, 0.1) is 0 Å². The van der Waals surface area contributed by atoms with Gasteiger partial charge in [-0.1, -0.05) is 0 Å². The van der Waals surface area contributed by atoms with Crippen molar-refractivity contribution in [1.29, 1.82) is 0 Å². The van der Waals surface area contributed by atoms with E-state index in [9.17, 15) is 0 Å². The van der Waals surface area contributed by atoms with Crippen LogP contribution in [0.4, 0.5) is 0 Å². The molecule has 0 aliphatic carbocycles. The van der Waals surface area contributed by atoms with Gasteiger partial charge in [-0.05, 0) is 0 Å². The topological polar surface area (TPSA) is 3.24 Å². The Morgan fingerprint density at radius 3 is 2.20 bits per heavy atom. The first-order chi connectivity index (χ1) is 6.84. The summed E-state index contributed by atoms with van der Waals surface area (Å²) in [5.41, 5.74) is 1.48. The second-order valence-electron chi connectivity index (χ2n) is 4.15. The molecule has 2 rings (SSSR count). The van der Waals surface area contributed by atoms with Crippen molar-refractivity contribution in [3.05, 3.63) is 29.8 Å². The van der Waals surface area contributed by atoms with E-state index in [4.69, 9.17) is 0 Å². The third kappa shape index (κ3) is 4.34. The van der Waals surface area contributed by atoms with Gasteiger partial charge in [-0.15, -0.1) is 0 Å². The van der Waals surface area contributed by atoms with Crippen LogP contribution >= 0.6 is 0 Å². The van der Waals surface area contributed by atoms with Crippen molar-refractivity contribution in [2.75, 3.05) is 13.1 Å². The summed E-state index contributed by atoms with van der Waals surface area (Å²) in [5.74, 6) is 0. The molecule has 0 N–H and O–H groups in total. The number of piperidine rings is 1. The van der Waals surface area contributed by atoms with Crippen LogP contribution in [0.1, 0.15) is 24.8 Å². The van der Waals surface area contributed by atoms with E-state index in [0.717, 1.165) is 6.54 Å². The maximum absolute atomic E-state index is 2.57. The van der Waals surface area contributed by atoms with Crippen molar-refractivity contribution < 1.29 is 35.3 Å². The Labute approximate surface area is 113 Å². The Morgan fingerprint density at radius 2 is 1.60 bits per heavy atom. The van der Waals surface area contributed by atoms with Gasteiger partial charge in [-0.25, -0.2) is 0 Å². The molecule has 0 spiro atoms. The molecule has 0 atom stereocenters. The number of hydrogen-bond acceptors (Lipinski definition) is 1. The SMILES string of the molecule is [Br-].[Zn+][c]1ccc(CN2CCCCC2)cc1. The van der Waals surface area contributed by atoms with E-state index < -0.39 is 0 Å². The van der Waals surface area contributed by atoms with Crippen molar-refractivity contribution in [1.82, 2.24) is 4.90 Å². The Bertz CT molecular complexity index is 280. The van der Waals surface area contributed by atoms with Gasteiger partial charge in [-0.2, -0.15) is 0 Å². The van der Waals surface area contributed by atoms with Gasteiger partial charge in [-0.3, -0.25) is 0 Å². The number of rotatable bonds is 2. The van der Waals surface area contributed by atoms with Crippen molar-refractivity contribution in [3.8, 4) is 0 Å². The zero-order chi connectivity index (χ0) is 9.80. The molecular formula is C12H16BrNZn. The van der Waals surface area contributed by atoms with E-state index in [2.05, 4.69) is 29.2 Å². The predicted octanol–water partition coefficient (Wildman–Crippen LogP) is -1.15. The molecule has 1 aromatic carbocycles. The minimum atomic E-state index is 0. The van der Waals surface area contributed by atoms with Crippen molar-refractivity contribution in [2.45, 2.75) is 25.8 Å². The summed E-state index contributed by atoms with van der Waals surface area (Å²) in [6, 6.07) is 9.10. The van der Waals surface area contributed by atoms with E-state index >= 15 is 0 Å². The third-order valence-corrected chi connectivity index (χ3v) is 3.87. The molecule has 1 aromatic rings. The molecule has 1 heterocycles. The van der Waals surface area contributed by atoms with Crippen LogP contribution in [-0.4, -0.2) is 18.0 Å². The van der Waals surface area contributed by atoms with Crippen LogP contribution in [0, 0.1) is 0 Å². The van der Waals surface area contributed by atoms with Crippen LogP contribution in [0.25, 0.3) is 0 Å². The summed E-state index contributed by atoms with van der Waals surface area (Å²) in [6.45, 7) is 3.74. The Morgan fingerprint density at radius 1 is 1.00 bits per heavy atom. The van der Waals surface area contributed by atoms with Crippen LogP contribution in [-0.2, 0) is 24.8 Å². The summed E-state index contributed by atoms with van der Waals surface area (Å²) >= 11 is 1.27. The molecule has 1 aliphatic rings. The quantitative estimate of drug-likeness (QED) is 0.622. The molecule has 0 amide bonds. The Balaban J connectivity index is 0.00000112. The first-order valence-corrected chi connectivity index (χ1v) is 6.96. The summed E-state index contributed by atoms with van der Waals surface area (Å²) in [4.78, 5) is 2.57. The Kier molecular flexibility index (Phi) is 6.03. The summed E-state index contributed by atoms with van der Waals surface area (Å²) < 4.78 is 1.48. The molecule has 15 heavy (non-hydrogen) atoms. The van der Waals surface area contributed by atoms with Crippen LogP contribution in [0.5, 0.6) is 0 Å². The molecule has 1 saturated heterocycles. The standard InChI is InChI=1S/C12H16N.BrH.Zn/c1-3-7-12(8-4-1)11-13-9-5-2-6-10-13;;/h3-4,7-8H,2,5-6,9-11H2;1H;/q;;+1/p-1. The van der Waals surface area contributed by atoms with E-state index in [0.29, 0.717) is 0 Å². The summed E-state index contributed by atoms with van der Waals surface area (Å²) in [6.07, 6.45) is 4.20. The van der Waals surface area contributed by atoms with Gasteiger partial charge in [0.25, 0.3) is 0 Å². The fourth-order valence-electron chi connectivity index (χ4n) is 2.02. The molecule has 1 aliphatic heterocycles. The molecule has 0 unspecified atom stereocenters. The maximum atomic E-state index is 2.57. The molecule has 0 radical (unpaired) electrons. The second-order valence-corrected chi connectivity index (χ2v) is 5.87. The van der Waals surface area contributed by atoms with E-state index in [1.54, 1.807) is 0 Å². The van der Waals surface area contributed by atoms with Gasteiger partial charge < -0.3 is 17.0 Å². The molecule has 1 fully saturated rings. The average molecular weight is 320 g/mol. The molecule has 78 valence electrons. The van der Waals surface area contributed by atoms with Crippen molar-refractivity contribution in [2.24, 2.45) is 0 Å². The average Bonchev–Trinajstić information content (AvgIpc) is 2.23. The van der Waals surface area contributed by atoms with Crippen LogP contribution in [0.3, 0.4) is 0 Å². The number of halogens is 1. The zero-order valence-corrected chi connectivity index (χ0v) is 13.6. The zero-order valence-electron chi connectivity index (χ0n) is 9.08. The van der Waals surface area contributed by atoms with Gasteiger partial charge in [0, 0.05) is 0 Å². The van der Waals surface area contributed by atoms with Gasteiger partial charge in [0.15, 0.2) is 0 Å². The fraction of sp³-hybridized carbons (Fsp3) is 0.500. The van der Waals surface area contributed by atoms with Gasteiger partial charge in [0.2, 0.25) is 0 Å². The number of benzene rings is 1. The fourth-order valence-corrected chi connectivity index (χ4v) is 2.51. The second kappa shape index (κ2) is 6.78. The van der Waals surface area contributed by atoms with E-state index in [1.807, 2.05) is 0 Å².